The van der Waals surface area contributed by atoms with Crippen LogP contribution in [0.1, 0.15) is 16.7 Å². The van der Waals surface area contributed by atoms with Crippen LogP contribution in [0.3, 0.4) is 0 Å². The van der Waals surface area contributed by atoms with Gasteiger partial charge in [0.05, 0.1) is 31.8 Å². The van der Waals surface area contributed by atoms with Crippen molar-refractivity contribution in [3.8, 4) is 11.1 Å². The highest BCUT2D eigenvalue weighted by atomic mass is 32.2. The van der Waals surface area contributed by atoms with E-state index in [2.05, 4.69) is 5.32 Å². The number of nitrogens with one attached hydrogen (secondary N) is 1. The third kappa shape index (κ3) is 5.60. The first-order valence-electron chi connectivity index (χ1n) is 11.3. The van der Waals surface area contributed by atoms with E-state index in [1.165, 1.54) is 0 Å². The van der Waals surface area contributed by atoms with Gasteiger partial charge in [0.1, 0.15) is 12.1 Å². The summed E-state index contributed by atoms with van der Waals surface area (Å²) in [6, 6.07) is 23.2. The van der Waals surface area contributed by atoms with Crippen molar-refractivity contribution in [2.45, 2.75) is 17.7 Å². The Hall–Kier alpha value is -3.09. The van der Waals surface area contributed by atoms with Gasteiger partial charge < -0.3 is 4.74 Å². The zero-order valence-electron chi connectivity index (χ0n) is 20.4. The van der Waals surface area contributed by atoms with E-state index in [4.69, 9.17) is 13.1 Å². The van der Waals surface area contributed by atoms with E-state index in [0.717, 1.165) is 47.4 Å². The minimum atomic E-state index is -4.14. The van der Waals surface area contributed by atoms with E-state index < -0.39 is 50.5 Å². The van der Waals surface area contributed by atoms with Gasteiger partial charge in [-0.1, -0.05) is 78.9 Å². The maximum atomic E-state index is 13.2. The van der Waals surface area contributed by atoms with Gasteiger partial charge in [-0.05, 0) is 27.8 Å². The van der Waals surface area contributed by atoms with Gasteiger partial charge in [-0.15, -0.1) is 0 Å². The average Bonchev–Trinajstić information content (AvgIpc) is 3.15. The number of carbonyl (C=O) groups is 1. The standard InChI is InChI=1S/C26H27NO8S2/c1-33-25(28)24(23(35-37(3,31)32)17-34-36(2,29)30)27-26(18-11-5-4-6-12-18)21-15-9-7-13-19(21)20-14-8-10-16-22(20)26/h4-16,23-24,27H,17H2,1-3H3/t23-,24+/m1/s1. The second-order valence-corrected chi connectivity index (χ2v) is 11.9. The molecule has 0 aromatic heterocycles. The van der Waals surface area contributed by atoms with Crippen molar-refractivity contribution in [3.05, 3.63) is 95.6 Å². The minimum absolute atomic E-state index is 0.743. The molecule has 2 atom stereocenters. The van der Waals surface area contributed by atoms with Gasteiger partial charge in [0.2, 0.25) is 0 Å². The molecule has 0 bridgehead atoms. The number of fused-ring (bicyclic) bond motifs is 3. The zero-order valence-corrected chi connectivity index (χ0v) is 22.1. The van der Waals surface area contributed by atoms with Gasteiger partial charge in [-0.2, -0.15) is 16.8 Å². The van der Waals surface area contributed by atoms with Crippen LogP contribution in [0.2, 0.25) is 0 Å². The summed E-state index contributed by atoms with van der Waals surface area (Å²) >= 11 is 0. The van der Waals surface area contributed by atoms with E-state index in [1.807, 2.05) is 78.9 Å². The highest BCUT2D eigenvalue weighted by Gasteiger charge is 2.49. The van der Waals surface area contributed by atoms with Gasteiger partial charge in [-0.25, -0.2) is 0 Å². The summed E-state index contributed by atoms with van der Waals surface area (Å²) in [4.78, 5) is 13.2. The Labute approximate surface area is 216 Å². The molecule has 0 spiro atoms. The van der Waals surface area contributed by atoms with Crippen LogP contribution in [-0.4, -0.2) is 61.2 Å². The second kappa shape index (κ2) is 10.3. The quantitative estimate of drug-likeness (QED) is 0.302. The second-order valence-electron chi connectivity index (χ2n) is 8.68. The Morgan fingerprint density at radius 1 is 0.811 bits per heavy atom. The summed E-state index contributed by atoms with van der Waals surface area (Å²) in [5, 5.41) is 3.33. The molecule has 0 unspecified atom stereocenters. The number of methoxy groups -OCH3 is 1. The van der Waals surface area contributed by atoms with Crippen molar-refractivity contribution in [2.75, 3.05) is 26.2 Å². The number of benzene rings is 3. The summed E-state index contributed by atoms with van der Waals surface area (Å²) < 4.78 is 62.9. The van der Waals surface area contributed by atoms with E-state index in [1.54, 1.807) is 0 Å². The van der Waals surface area contributed by atoms with Gasteiger partial charge in [-0.3, -0.25) is 18.5 Å². The average molecular weight is 546 g/mol. The van der Waals surface area contributed by atoms with E-state index >= 15 is 0 Å². The molecule has 0 fully saturated rings. The smallest absolute Gasteiger partial charge is 0.325 e. The van der Waals surface area contributed by atoms with Crippen LogP contribution in [-0.2, 0) is 43.7 Å². The van der Waals surface area contributed by atoms with Gasteiger partial charge in [0.25, 0.3) is 20.2 Å². The molecule has 0 saturated carbocycles. The molecule has 4 rings (SSSR count). The van der Waals surface area contributed by atoms with E-state index in [0.29, 0.717) is 0 Å². The summed E-state index contributed by atoms with van der Waals surface area (Å²) in [7, 11) is -6.98. The molecular weight excluding hydrogens is 518 g/mol. The Morgan fingerprint density at radius 3 is 1.81 bits per heavy atom. The zero-order chi connectivity index (χ0) is 26.8. The monoisotopic (exact) mass is 545 g/mol. The topological polar surface area (TPSA) is 125 Å². The molecule has 1 aliphatic rings. The molecule has 0 saturated heterocycles. The normalized spacial score (nSPS) is 15.9. The molecule has 0 heterocycles. The van der Waals surface area contributed by atoms with Crippen LogP contribution < -0.4 is 5.32 Å². The number of ether oxygens (including phenoxy) is 1. The number of rotatable bonds is 10. The van der Waals surface area contributed by atoms with E-state index in [-0.39, 0.29) is 0 Å². The van der Waals surface area contributed by atoms with Crippen molar-refractivity contribution < 1.29 is 34.7 Å². The molecule has 0 aliphatic heterocycles. The van der Waals surface area contributed by atoms with E-state index in [9.17, 15) is 21.6 Å². The highest BCUT2D eigenvalue weighted by molar-refractivity contribution is 7.86. The summed E-state index contributed by atoms with van der Waals surface area (Å²) in [5.41, 5.74) is 3.11. The molecule has 11 heteroatoms. The molecular formula is C26H27NO8S2. The molecule has 1 aliphatic carbocycles. The van der Waals surface area contributed by atoms with Crippen LogP contribution in [0.25, 0.3) is 11.1 Å². The summed E-state index contributed by atoms with van der Waals surface area (Å²) in [6.07, 6.45) is 0.0553. The highest BCUT2D eigenvalue weighted by Crippen LogP contribution is 2.51. The lowest BCUT2D eigenvalue weighted by atomic mass is 9.79. The van der Waals surface area contributed by atoms with Crippen LogP contribution in [0.5, 0.6) is 0 Å². The first-order chi connectivity index (χ1) is 17.5. The van der Waals surface area contributed by atoms with Gasteiger partial charge in [0, 0.05) is 0 Å². The molecule has 0 amide bonds. The molecule has 3 aromatic carbocycles. The van der Waals surface area contributed by atoms with Gasteiger partial charge in [0.15, 0.2) is 0 Å². The third-order valence-corrected chi connectivity index (χ3v) is 7.26. The molecule has 3 aromatic rings. The SMILES string of the molecule is COC(=O)[C@@H](NC1(c2ccccc2)c2ccccc2-c2ccccc21)[C@@H](COS(C)(=O)=O)OS(C)(=O)=O. The van der Waals surface area contributed by atoms with Crippen molar-refractivity contribution in [1.29, 1.82) is 0 Å². The Balaban J connectivity index is 1.95. The fraction of sp³-hybridized carbons (Fsp3) is 0.269. The molecule has 1 N–H and O–H groups in total. The van der Waals surface area contributed by atoms with Crippen molar-refractivity contribution >= 4 is 26.2 Å². The first kappa shape index (κ1) is 27.0. The minimum Gasteiger partial charge on any atom is -0.468 e. The lowest BCUT2D eigenvalue weighted by molar-refractivity contribution is -0.146. The largest absolute Gasteiger partial charge is 0.468 e. The van der Waals surface area contributed by atoms with Crippen LogP contribution in [0.4, 0.5) is 0 Å². The number of carbonyl (C=O) groups excluding carboxylic acids is 1. The summed E-state index contributed by atoms with van der Waals surface area (Å²) in [6.45, 7) is -0.743. The molecule has 9 nitrogen and oxygen atoms in total. The summed E-state index contributed by atoms with van der Waals surface area (Å²) in [5.74, 6) is -0.858. The number of esters is 1. The Kier molecular flexibility index (Phi) is 7.54. The molecule has 0 radical (unpaired) electrons. The predicted molar refractivity (Wildman–Crippen MR) is 138 cm³/mol. The van der Waals surface area contributed by atoms with Crippen LogP contribution in [0, 0.1) is 0 Å². The maximum Gasteiger partial charge on any atom is 0.325 e. The Bertz CT molecular complexity index is 1460. The van der Waals surface area contributed by atoms with Crippen LogP contribution in [0.15, 0.2) is 78.9 Å². The first-order valence-corrected chi connectivity index (χ1v) is 14.9. The predicted octanol–water partition coefficient (Wildman–Crippen LogP) is 2.41. The van der Waals surface area contributed by atoms with Crippen molar-refractivity contribution in [1.82, 2.24) is 5.32 Å². The van der Waals surface area contributed by atoms with Gasteiger partial charge >= 0.3 is 5.97 Å². The number of hydrogen-bond acceptors (Lipinski definition) is 9. The van der Waals surface area contributed by atoms with Crippen molar-refractivity contribution in [2.24, 2.45) is 0 Å². The fourth-order valence-electron chi connectivity index (χ4n) is 4.73. The number of hydrogen-bond donors (Lipinski definition) is 1. The molecule has 196 valence electrons. The van der Waals surface area contributed by atoms with Crippen molar-refractivity contribution in [3.63, 3.8) is 0 Å². The third-order valence-electron chi connectivity index (χ3n) is 6.10. The lowest BCUT2D eigenvalue weighted by Crippen LogP contribution is -2.58. The fourth-order valence-corrected chi connectivity index (χ4v) is 5.73. The Morgan fingerprint density at radius 2 is 1.32 bits per heavy atom. The molecule has 37 heavy (non-hydrogen) atoms. The maximum absolute atomic E-state index is 13.2. The lowest BCUT2D eigenvalue weighted by Gasteiger charge is -2.38. The van der Waals surface area contributed by atoms with Crippen LogP contribution >= 0.6 is 0 Å².